The number of anilines is 1. The lowest BCUT2D eigenvalue weighted by atomic mass is 10.1. The summed E-state index contributed by atoms with van der Waals surface area (Å²) >= 11 is 5.10. The Morgan fingerprint density at radius 3 is 2.95 bits per heavy atom. The van der Waals surface area contributed by atoms with Crippen molar-refractivity contribution >= 4 is 33.9 Å². The lowest BCUT2D eigenvalue weighted by Gasteiger charge is -2.11. The second-order valence-electron chi connectivity index (χ2n) is 4.47. The van der Waals surface area contributed by atoms with E-state index in [1.165, 1.54) is 6.39 Å². The molecule has 3 rings (SSSR count). The third-order valence-corrected chi connectivity index (χ3v) is 3.26. The molecule has 0 unspecified atom stereocenters. The summed E-state index contributed by atoms with van der Waals surface area (Å²) in [4.78, 5) is 8.85. The van der Waals surface area contributed by atoms with Crippen LogP contribution in [0.4, 0.5) is 5.82 Å². The Hall–Kier alpha value is -2.54. The molecule has 0 atom stereocenters. The molecule has 21 heavy (non-hydrogen) atoms. The van der Waals surface area contributed by atoms with Crippen molar-refractivity contribution in [3.8, 4) is 0 Å². The molecule has 0 saturated carbocycles. The van der Waals surface area contributed by atoms with Gasteiger partial charge in [0.05, 0.1) is 11.1 Å². The summed E-state index contributed by atoms with van der Waals surface area (Å²) in [5, 5.41) is 7.99. The van der Waals surface area contributed by atoms with Gasteiger partial charge in [-0.2, -0.15) is 4.98 Å². The smallest absolute Gasteiger partial charge is 0.213 e. The Bertz CT molecular complexity index is 772. The Balaban J connectivity index is 1.85. The van der Waals surface area contributed by atoms with Crippen molar-refractivity contribution in [2.75, 3.05) is 11.9 Å². The minimum atomic E-state index is 0.315. The van der Waals surface area contributed by atoms with E-state index in [1.807, 2.05) is 30.3 Å². The molecule has 0 amide bonds. The van der Waals surface area contributed by atoms with E-state index in [0.29, 0.717) is 29.6 Å². The van der Waals surface area contributed by atoms with Crippen molar-refractivity contribution in [2.24, 2.45) is 5.73 Å². The maximum atomic E-state index is 5.78. The largest absolute Gasteiger partial charge is 0.389 e. The van der Waals surface area contributed by atoms with Crippen molar-refractivity contribution in [1.82, 2.24) is 15.1 Å². The van der Waals surface area contributed by atoms with Gasteiger partial charge in [0, 0.05) is 18.4 Å². The maximum absolute atomic E-state index is 5.78. The zero-order valence-corrected chi connectivity index (χ0v) is 11.9. The van der Waals surface area contributed by atoms with Gasteiger partial charge in [-0.1, -0.05) is 35.6 Å². The lowest BCUT2D eigenvalue weighted by Crippen LogP contribution is -2.16. The highest BCUT2D eigenvalue weighted by atomic mass is 32.1. The number of nitrogens with one attached hydrogen (secondary N) is 1. The molecule has 7 heteroatoms. The highest BCUT2D eigenvalue weighted by Crippen LogP contribution is 2.20. The molecule has 0 bridgehead atoms. The van der Waals surface area contributed by atoms with Gasteiger partial charge in [-0.05, 0) is 12.1 Å². The Morgan fingerprint density at radius 1 is 1.33 bits per heavy atom. The van der Waals surface area contributed by atoms with E-state index in [2.05, 4.69) is 20.4 Å². The number of rotatable bonds is 5. The summed E-state index contributed by atoms with van der Waals surface area (Å²) in [6, 6.07) is 9.77. The first-order valence-electron chi connectivity index (χ1n) is 6.43. The molecule has 0 fully saturated rings. The maximum Gasteiger partial charge on any atom is 0.213 e. The quantitative estimate of drug-likeness (QED) is 0.695. The van der Waals surface area contributed by atoms with Crippen LogP contribution in [0.1, 0.15) is 11.4 Å². The molecular weight excluding hydrogens is 286 g/mol. The van der Waals surface area contributed by atoms with E-state index in [1.54, 1.807) is 0 Å². The van der Waals surface area contributed by atoms with Crippen LogP contribution in [0.2, 0.25) is 0 Å². The van der Waals surface area contributed by atoms with E-state index in [4.69, 9.17) is 22.5 Å². The predicted molar refractivity (Wildman–Crippen MR) is 84.1 cm³/mol. The van der Waals surface area contributed by atoms with E-state index in [0.717, 1.165) is 16.5 Å². The zero-order chi connectivity index (χ0) is 14.7. The number of aromatic nitrogens is 3. The molecule has 0 aliphatic rings. The van der Waals surface area contributed by atoms with Gasteiger partial charge < -0.3 is 15.6 Å². The Labute approximate surface area is 126 Å². The first-order valence-corrected chi connectivity index (χ1v) is 6.83. The van der Waals surface area contributed by atoms with Crippen molar-refractivity contribution in [1.29, 1.82) is 0 Å². The lowest BCUT2D eigenvalue weighted by molar-refractivity contribution is 0.410. The van der Waals surface area contributed by atoms with Gasteiger partial charge in [-0.3, -0.25) is 0 Å². The minimum Gasteiger partial charge on any atom is -0.389 e. The molecule has 2 heterocycles. The minimum absolute atomic E-state index is 0.315. The fourth-order valence-electron chi connectivity index (χ4n) is 2.03. The van der Waals surface area contributed by atoms with Crippen LogP contribution in [0.5, 0.6) is 0 Å². The van der Waals surface area contributed by atoms with E-state index >= 15 is 0 Å². The van der Waals surface area contributed by atoms with Crippen LogP contribution in [0.3, 0.4) is 0 Å². The van der Waals surface area contributed by atoms with Gasteiger partial charge >= 0.3 is 0 Å². The fourth-order valence-corrected chi connectivity index (χ4v) is 2.19. The summed E-state index contributed by atoms with van der Waals surface area (Å²) in [6.07, 6.45) is 1.94. The number of fused-ring (bicyclic) bond motifs is 1. The fraction of sp³-hybridized carbons (Fsp3) is 0.143. The molecule has 3 N–H and O–H groups in total. The van der Waals surface area contributed by atoms with Crippen molar-refractivity contribution in [3.05, 3.63) is 48.1 Å². The molecule has 0 aliphatic carbocycles. The summed E-state index contributed by atoms with van der Waals surface area (Å²) in [5.41, 5.74) is 7.41. The van der Waals surface area contributed by atoms with Crippen LogP contribution in [0, 0.1) is 0 Å². The number of pyridine rings is 1. The number of hydrogen-bond acceptors (Lipinski definition) is 6. The SMILES string of the molecule is NC(=S)c1cc2ccccc2nc1NCCc1ncon1. The molecule has 6 nitrogen and oxygen atoms in total. The topological polar surface area (TPSA) is 89.9 Å². The average Bonchev–Trinajstić information content (AvgIpc) is 2.99. The molecule has 2 aromatic heterocycles. The van der Waals surface area contributed by atoms with Crippen molar-refractivity contribution in [3.63, 3.8) is 0 Å². The van der Waals surface area contributed by atoms with E-state index < -0.39 is 0 Å². The van der Waals surface area contributed by atoms with E-state index in [-0.39, 0.29) is 0 Å². The third kappa shape index (κ3) is 2.97. The van der Waals surface area contributed by atoms with Crippen molar-refractivity contribution in [2.45, 2.75) is 6.42 Å². The van der Waals surface area contributed by atoms with Crippen LogP contribution >= 0.6 is 12.2 Å². The van der Waals surface area contributed by atoms with Gasteiger partial charge in [-0.25, -0.2) is 4.98 Å². The number of benzene rings is 1. The molecule has 106 valence electrons. The summed E-state index contributed by atoms with van der Waals surface area (Å²) in [6.45, 7) is 0.612. The highest BCUT2D eigenvalue weighted by molar-refractivity contribution is 7.80. The molecule has 0 aliphatic heterocycles. The molecular formula is C14H13N5OS. The van der Waals surface area contributed by atoms with Crippen LogP contribution in [0.15, 0.2) is 41.2 Å². The van der Waals surface area contributed by atoms with Gasteiger partial charge in [0.15, 0.2) is 5.82 Å². The Morgan fingerprint density at radius 2 is 2.19 bits per heavy atom. The average molecular weight is 299 g/mol. The number of nitrogens with two attached hydrogens (primary N) is 1. The summed E-state index contributed by atoms with van der Waals surface area (Å²) in [5.74, 6) is 1.31. The van der Waals surface area contributed by atoms with E-state index in [9.17, 15) is 0 Å². The van der Waals surface area contributed by atoms with Gasteiger partial charge in [-0.15, -0.1) is 0 Å². The normalized spacial score (nSPS) is 10.7. The van der Waals surface area contributed by atoms with Gasteiger partial charge in [0.1, 0.15) is 10.8 Å². The molecule has 0 saturated heterocycles. The Kier molecular flexibility index (Phi) is 3.74. The summed E-state index contributed by atoms with van der Waals surface area (Å²) < 4.78 is 4.69. The molecule has 0 spiro atoms. The van der Waals surface area contributed by atoms with Crippen molar-refractivity contribution < 1.29 is 4.52 Å². The molecule has 0 radical (unpaired) electrons. The monoisotopic (exact) mass is 299 g/mol. The van der Waals surface area contributed by atoms with Crippen LogP contribution in [-0.2, 0) is 6.42 Å². The second kappa shape index (κ2) is 5.84. The predicted octanol–water partition coefficient (Wildman–Crippen LogP) is 1.91. The van der Waals surface area contributed by atoms with Crippen LogP contribution < -0.4 is 11.1 Å². The van der Waals surface area contributed by atoms with Crippen LogP contribution in [-0.4, -0.2) is 26.7 Å². The third-order valence-electron chi connectivity index (χ3n) is 3.04. The number of nitrogens with zero attached hydrogens (tertiary/aromatic N) is 3. The number of para-hydroxylation sites is 1. The highest BCUT2D eigenvalue weighted by Gasteiger charge is 2.09. The van der Waals surface area contributed by atoms with Gasteiger partial charge in [0.25, 0.3) is 0 Å². The number of thiocarbonyl (C=S) groups is 1. The first kappa shape index (κ1) is 13.4. The summed E-state index contributed by atoms with van der Waals surface area (Å²) in [7, 11) is 0. The standard InChI is InChI=1S/C14H13N5OS/c15-13(21)10-7-9-3-1-2-4-11(9)18-14(10)16-6-5-12-17-8-20-19-12/h1-4,7-8H,5-6H2,(H2,15,21)(H,16,18). The number of hydrogen-bond donors (Lipinski definition) is 2. The van der Waals surface area contributed by atoms with Gasteiger partial charge in [0.2, 0.25) is 6.39 Å². The van der Waals surface area contributed by atoms with Crippen LogP contribution in [0.25, 0.3) is 10.9 Å². The molecule has 1 aromatic carbocycles. The molecule has 3 aromatic rings. The zero-order valence-electron chi connectivity index (χ0n) is 11.1. The first-order chi connectivity index (χ1) is 10.2. The second-order valence-corrected chi connectivity index (χ2v) is 4.91.